The van der Waals surface area contributed by atoms with Gasteiger partial charge >= 0.3 is 12.1 Å². The Morgan fingerprint density at radius 3 is 2.29 bits per heavy atom. The summed E-state index contributed by atoms with van der Waals surface area (Å²) < 4.78 is 42.9. The molecule has 0 fully saturated rings. The molecule has 1 atom stereocenters. The second-order valence-electron chi connectivity index (χ2n) is 11.3. The Kier molecular flexibility index (Phi) is 8.34. The molecule has 0 aliphatic heterocycles. The number of alkyl halides is 3. The Bertz CT molecular complexity index is 1970. The third-order valence-corrected chi connectivity index (χ3v) is 7.99. The van der Waals surface area contributed by atoms with Crippen LogP contribution >= 0.6 is 0 Å². The molecule has 0 aliphatic rings. The normalized spacial score (nSPS) is 12.6. The van der Waals surface area contributed by atoms with Crippen LogP contribution < -0.4 is 10.9 Å². The second-order valence-corrected chi connectivity index (χ2v) is 11.3. The highest BCUT2D eigenvalue weighted by atomic mass is 19.4. The molecule has 2 heterocycles. The summed E-state index contributed by atoms with van der Waals surface area (Å²) in [7, 11) is 1.35. The molecule has 0 aliphatic carbocycles. The number of hydrogen-bond acceptors (Lipinski definition) is 4. The standard InChI is InChI=1S/C35H30F3N3O4/c1-34(2,24-13-7-11-22(19-24)21-9-5-4-6-10-21)33(45)40-28(32(43)44)20-23-12-8-14-26-25(23)15-17-39-30(26)29-27(35(36,37)38)16-18-41(3)31(29)42/h4-19,28H,20H2,1-3H3,(H,40,45)(H,43,44)/t28-/m0/s1. The zero-order chi connectivity index (χ0) is 32.5. The van der Waals surface area contributed by atoms with Crippen LogP contribution in [0.1, 0.15) is 30.5 Å². The Balaban J connectivity index is 1.49. The maximum atomic E-state index is 14.0. The van der Waals surface area contributed by atoms with E-state index < -0.39 is 46.2 Å². The van der Waals surface area contributed by atoms with E-state index in [1.807, 2.05) is 54.6 Å². The molecule has 5 aromatic rings. The number of pyridine rings is 2. The number of hydrogen-bond donors (Lipinski definition) is 2. The molecule has 0 bridgehead atoms. The number of carbonyl (C=O) groups is 2. The van der Waals surface area contributed by atoms with Gasteiger partial charge in [-0.2, -0.15) is 13.2 Å². The maximum Gasteiger partial charge on any atom is 0.417 e. The van der Waals surface area contributed by atoms with Gasteiger partial charge in [-0.1, -0.05) is 72.8 Å². The lowest BCUT2D eigenvalue weighted by Gasteiger charge is -2.27. The number of amides is 1. The summed E-state index contributed by atoms with van der Waals surface area (Å²) in [5, 5.41) is 13.4. The van der Waals surface area contributed by atoms with Gasteiger partial charge in [0.15, 0.2) is 0 Å². The number of halogens is 3. The third-order valence-electron chi connectivity index (χ3n) is 7.99. The monoisotopic (exact) mass is 613 g/mol. The van der Waals surface area contributed by atoms with Crippen LogP contribution in [-0.4, -0.2) is 32.6 Å². The fourth-order valence-corrected chi connectivity index (χ4v) is 5.35. The van der Waals surface area contributed by atoms with E-state index >= 15 is 0 Å². The first-order chi connectivity index (χ1) is 21.3. The molecular formula is C35H30F3N3O4. The second kappa shape index (κ2) is 12.0. The van der Waals surface area contributed by atoms with Crippen molar-refractivity contribution in [2.24, 2.45) is 7.05 Å². The van der Waals surface area contributed by atoms with Gasteiger partial charge in [-0.05, 0) is 53.6 Å². The van der Waals surface area contributed by atoms with E-state index in [9.17, 15) is 32.7 Å². The minimum atomic E-state index is -4.81. The van der Waals surface area contributed by atoms with E-state index in [2.05, 4.69) is 10.3 Å². The van der Waals surface area contributed by atoms with Gasteiger partial charge in [0, 0.05) is 31.2 Å². The number of aryl methyl sites for hydroxylation is 1. The zero-order valence-electron chi connectivity index (χ0n) is 24.7. The molecule has 3 aromatic carbocycles. The Morgan fingerprint density at radius 1 is 0.911 bits per heavy atom. The van der Waals surface area contributed by atoms with Crippen molar-refractivity contribution in [2.45, 2.75) is 37.9 Å². The highest BCUT2D eigenvalue weighted by molar-refractivity contribution is 5.97. The summed E-state index contributed by atoms with van der Waals surface area (Å²) in [6.45, 7) is 3.42. The highest BCUT2D eigenvalue weighted by Gasteiger charge is 2.37. The first-order valence-corrected chi connectivity index (χ1v) is 14.1. The molecule has 0 saturated carbocycles. The number of fused-ring (bicyclic) bond motifs is 1. The number of carbonyl (C=O) groups excluding carboxylic acids is 1. The molecule has 7 nitrogen and oxygen atoms in total. The van der Waals surface area contributed by atoms with Crippen molar-refractivity contribution in [1.29, 1.82) is 0 Å². The van der Waals surface area contributed by atoms with Crippen molar-refractivity contribution in [2.75, 3.05) is 0 Å². The molecule has 0 saturated heterocycles. The van der Waals surface area contributed by atoms with E-state index in [0.29, 0.717) is 16.5 Å². The summed E-state index contributed by atoms with van der Waals surface area (Å²) in [6.07, 6.45) is -2.65. The average Bonchev–Trinajstić information content (AvgIpc) is 3.01. The molecule has 2 aromatic heterocycles. The smallest absolute Gasteiger partial charge is 0.417 e. The highest BCUT2D eigenvalue weighted by Crippen LogP contribution is 2.37. The average molecular weight is 614 g/mol. The van der Waals surface area contributed by atoms with Gasteiger partial charge in [0.25, 0.3) is 5.56 Å². The van der Waals surface area contributed by atoms with Crippen molar-refractivity contribution in [1.82, 2.24) is 14.9 Å². The lowest BCUT2D eigenvalue weighted by Crippen LogP contribution is -2.49. The molecule has 0 unspecified atom stereocenters. The first kappa shape index (κ1) is 31.2. The van der Waals surface area contributed by atoms with Crippen LogP contribution in [0.15, 0.2) is 102 Å². The van der Waals surface area contributed by atoms with Crippen LogP contribution in [0.3, 0.4) is 0 Å². The van der Waals surface area contributed by atoms with E-state index in [-0.39, 0.29) is 17.5 Å². The number of nitrogens with one attached hydrogen (secondary N) is 1. The Labute approximate surface area is 257 Å². The largest absolute Gasteiger partial charge is 0.480 e. The van der Waals surface area contributed by atoms with Crippen LogP contribution in [0.4, 0.5) is 13.2 Å². The number of carboxylic acids is 1. The van der Waals surface area contributed by atoms with E-state index in [1.54, 1.807) is 32.0 Å². The number of aromatic nitrogens is 2. The van der Waals surface area contributed by atoms with Gasteiger partial charge in [0.05, 0.1) is 22.2 Å². The minimum Gasteiger partial charge on any atom is -0.480 e. The molecular weight excluding hydrogens is 583 g/mol. The predicted octanol–water partition coefficient (Wildman–Crippen LogP) is 6.38. The molecule has 45 heavy (non-hydrogen) atoms. The molecule has 2 N–H and O–H groups in total. The van der Waals surface area contributed by atoms with Crippen molar-refractivity contribution in [3.63, 3.8) is 0 Å². The van der Waals surface area contributed by atoms with Gasteiger partial charge in [-0.3, -0.25) is 14.6 Å². The van der Waals surface area contributed by atoms with Crippen LogP contribution in [-0.2, 0) is 34.6 Å². The van der Waals surface area contributed by atoms with Crippen molar-refractivity contribution in [3.8, 4) is 22.4 Å². The summed E-state index contributed by atoms with van der Waals surface area (Å²) in [5.74, 6) is -1.79. The summed E-state index contributed by atoms with van der Waals surface area (Å²) in [6, 6.07) is 22.9. The van der Waals surface area contributed by atoms with Gasteiger partial charge in [-0.25, -0.2) is 4.79 Å². The van der Waals surface area contributed by atoms with Crippen LogP contribution in [0.25, 0.3) is 33.2 Å². The van der Waals surface area contributed by atoms with E-state index in [1.165, 1.54) is 19.3 Å². The van der Waals surface area contributed by atoms with Crippen LogP contribution in [0.5, 0.6) is 0 Å². The van der Waals surface area contributed by atoms with Crippen molar-refractivity contribution >= 4 is 22.6 Å². The summed E-state index contributed by atoms with van der Waals surface area (Å²) in [4.78, 5) is 43.1. The number of aliphatic carboxylic acids is 1. The van der Waals surface area contributed by atoms with Gasteiger partial charge in [0.2, 0.25) is 5.91 Å². The Morgan fingerprint density at radius 2 is 1.60 bits per heavy atom. The van der Waals surface area contributed by atoms with Crippen LogP contribution in [0.2, 0.25) is 0 Å². The maximum absolute atomic E-state index is 14.0. The molecule has 5 rings (SSSR count). The quantitative estimate of drug-likeness (QED) is 0.212. The SMILES string of the molecule is Cn1ccc(C(F)(F)F)c(-c2nccc3c(C[C@H](NC(=O)C(C)(C)c4cccc(-c5ccccc5)c4)C(=O)O)cccc23)c1=O. The zero-order valence-corrected chi connectivity index (χ0v) is 24.7. The fraction of sp³-hybridized carbons (Fsp3) is 0.200. The van der Waals surface area contributed by atoms with E-state index in [4.69, 9.17) is 0 Å². The topological polar surface area (TPSA) is 101 Å². The van der Waals surface area contributed by atoms with E-state index in [0.717, 1.165) is 28.0 Å². The van der Waals surface area contributed by atoms with Crippen molar-refractivity contribution < 1.29 is 27.9 Å². The number of rotatable bonds is 8. The molecule has 10 heteroatoms. The van der Waals surface area contributed by atoms with Gasteiger partial charge in [0.1, 0.15) is 6.04 Å². The first-order valence-electron chi connectivity index (χ1n) is 14.1. The lowest BCUT2D eigenvalue weighted by atomic mass is 9.82. The van der Waals surface area contributed by atoms with Gasteiger partial charge < -0.3 is 15.0 Å². The third kappa shape index (κ3) is 6.22. The van der Waals surface area contributed by atoms with Crippen LogP contribution in [0, 0.1) is 0 Å². The van der Waals surface area contributed by atoms with Crippen molar-refractivity contribution in [3.05, 3.63) is 124 Å². The molecule has 0 radical (unpaired) electrons. The Hall–Kier alpha value is -5.25. The number of nitrogens with zero attached hydrogens (tertiary/aromatic N) is 2. The lowest BCUT2D eigenvalue weighted by molar-refractivity contribution is -0.142. The summed E-state index contributed by atoms with van der Waals surface area (Å²) in [5.41, 5.74) is -0.836. The van der Waals surface area contributed by atoms with Gasteiger partial charge in [-0.15, -0.1) is 0 Å². The molecule has 230 valence electrons. The number of benzene rings is 3. The molecule has 0 spiro atoms. The summed E-state index contributed by atoms with van der Waals surface area (Å²) >= 11 is 0. The predicted molar refractivity (Wildman–Crippen MR) is 166 cm³/mol. The number of carboxylic acid groups (broad SMARTS) is 1. The molecule has 1 amide bonds. The minimum absolute atomic E-state index is 0.166. The fourth-order valence-electron chi connectivity index (χ4n) is 5.35.